The van der Waals surface area contributed by atoms with Gasteiger partial charge in [-0.2, -0.15) is 0 Å². The average molecular weight is 206 g/mol. The van der Waals surface area contributed by atoms with Crippen molar-refractivity contribution in [3.63, 3.8) is 0 Å². The average Bonchev–Trinajstić information content (AvgIpc) is 1.97. The van der Waals surface area contributed by atoms with E-state index in [1.165, 1.54) is 24.5 Å². The van der Waals surface area contributed by atoms with E-state index in [0.717, 1.165) is 5.92 Å². The van der Waals surface area contributed by atoms with Crippen molar-refractivity contribution in [3.8, 4) is 0 Å². The molecule has 1 heteroatoms. The van der Waals surface area contributed by atoms with Gasteiger partial charge in [0.05, 0.1) is 0 Å². The molecule has 0 saturated heterocycles. The molecule has 1 fully saturated rings. The fraction of sp³-hybridized carbons (Fsp3) is 0.571. The molecule has 0 aliphatic heterocycles. The third-order valence-corrected chi connectivity index (χ3v) is 3.68. The molecule has 2 rings (SSSR count). The van der Waals surface area contributed by atoms with E-state index < -0.39 is 0 Å². The van der Waals surface area contributed by atoms with Crippen molar-refractivity contribution < 1.29 is 4.39 Å². The van der Waals surface area contributed by atoms with Gasteiger partial charge in [-0.05, 0) is 47.8 Å². The summed E-state index contributed by atoms with van der Waals surface area (Å²) in [4.78, 5) is 0. The van der Waals surface area contributed by atoms with E-state index in [1.54, 1.807) is 6.07 Å². The second kappa shape index (κ2) is 3.62. The van der Waals surface area contributed by atoms with Crippen LogP contribution in [0.3, 0.4) is 0 Å². The van der Waals surface area contributed by atoms with Gasteiger partial charge in [0.2, 0.25) is 0 Å². The van der Waals surface area contributed by atoms with Crippen LogP contribution in [0.25, 0.3) is 0 Å². The van der Waals surface area contributed by atoms with Crippen molar-refractivity contribution >= 4 is 0 Å². The lowest BCUT2D eigenvalue weighted by molar-refractivity contribution is 0.115. The van der Waals surface area contributed by atoms with Gasteiger partial charge < -0.3 is 0 Å². The van der Waals surface area contributed by atoms with Crippen LogP contribution in [0.1, 0.15) is 45.1 Å². The van der Waals surface area contributed by atoms with Crippen molar-refractivity contribution in [2.24, 2.45) is 11.3 Å². The van der Waals surface area contributed by atoms with Gasteiger partial charge in [-0.3, -0.25) is 0 Å². The Balaban J connectivity index is 2.00. The molecule has 0 nitrogen and oxygen atoms in total. The summed E-state index contributed by atoms with van der Waals surface area (Å²) >= 11 is 0. The zero-order chi connectivity index (χ0) is 11.1. The van der Waals surface area contributed by atoms with Gasteiger partial charge in [0.1, 0.15) is 5.82 Å². The molecule has 1 aromatic carbocycles. The van der Waals surface area contributed by atoms with Gasteiger partial charge in [-0.1, -0.05) is 32.9 Å². The lowest BCUT2D eigenvalue weighted by Gasteiger charge is -2.44. The predicted molar refractivity (Wildman–Crippen MR) is 61.3 cm³/mol. The molecule has 15 heavy (non-hydrogen) atoms. The van der Waals surface area contributed by atoms with Crippen molar-refractivity contribution in [1.29, 1.82) is 0 Å². The molecule has 0 N–H and O–H groups in total. The van der Waals surface area contributed by atoms with Crippen molar-refractivity contribution in [3.05, 3.63) is 35.6 Å². The fourth-order valence-corrected chi connectivity index (χ4v) is 2.36. The highest BCUT2D eigenvalue weighted by molar-refractivity contribution is 5.23. The van der Waals surface area contributed by atoms with E-state index >= 15 is 0 Å². The number of halogens is 1. The zero-order valence-electron chi connectivity index (χ0n) is 9.76. The first-order valence-corrected chi connectivity index (χ1v) is 5.72. The third kappa shape index (κ3) is 2.22. The summed E-state index contributed by atoms with van der Waals surface area (Å²) in [7, 11) is 0. The van der Waals surface area contributed by atoms with Gasteiger partial charge in [0, 0.05) is 0 Å². The van der Waals surface area contributed by atoms with E-state index in [0.29, 0.717) is 11.3 Å². The van der Waals surface area contributed by atoms with E-state index in [2.05, 4.69) is 20.8 Å². The van der Waals surface area contributed by atoms with Crippen LogP contribution in [-0.2, 0) is 0 Å². The van der Waals surface area contributed by atoms with Crippen molar-refractivity contribution in [2.75, 3.05) is 0 Å². The lowest BCUT2D eigenvalue weighted by Crippen LogP contribution is -2.32. The third-order valence-electron chi connectivity index (χ3n) is 3.68. The Bertz CT molecular complexity index is 343. The fourth-order valence-electron chi connectivity index (χ4n) is 2.36. The van der Waals surface area contributed by atoms with Crippen molar-refractivity contribution in [2.45, 2.75) is 39.5 Å². The Morgan fingerprint density at radius 2 is 1.87 bits per heavy atom. The summed E-state index contributed by atoms with van der Waals surface area (Å²) < 4.78 is 13.0. The summed E-state index contributed by atoms with van der Waals surface area (Å²) in [5.41, 5.74) is 1.58. The first-order valence-electron chi connectivity index (χ1n) is 5.72. The summed E-state index contributed by atoms with van der Waals surface area (Å²) in [6.45, 7) is 6.87. The normalized spacial score (nSPS) is 26.1. The topological polar surface area (TPSA) is 0 Å². The predicted octanol–water partition coefficient (Wildman–Crippen LogP) is 4.37. The van der Waals surface area contributed by atoms with Gasteiger partial charge in [0.15, 0.2) is 0 Å². The number of rotatable bonds is 1. The Kier molecular flexibility index (Phi) is 2.57. The van der Waals surface area contributed by atoms with Crippen LogP contribution in [0.5, 0.6) is 0 Å². The molecule has 0 heterocycles. The Morgan fingerprint density at radius 1 is 1.20 bits per heavy atom. The zero-order valence-corrected chi connectivity index (χ0v) is 9.76. The molecule has 1 saturated carbocycles. The maximum atomic E-state index is 13.0. The Hall–Kier alpha value is -0.850. The molecular weight excluding hydrogens is 187 g/mol. The number of benzene rings is 1. The van der Waals surface area contributed by atoms with Crippen LogP contribution in [-0.4, -0.2) is 0 Å². The van der Waals surface area contributed by atoms with Gasteiger partial charge in [0.25, 0.3) is 0 Å². The summed E-state index contributed by atoms with van der Waals surface area (Å²) in [5.74, 6) is 1.28. The maximum Gasteiger partial charge on any atom is 0.123 e. The van der Waals surface area contributed by atoms with E-state index in [9.17, 15) is 4.39 Å². The Labute approximate surface area is 91.5 Å². The van der Waals surface area contributed by atoms with Crippen LogP contribution >= 0.6 is 0 Å². The van der Waals surface area contributed by atoms with Crippen LogP contribution in [0.15, 0.2) is 24.3 Å². The lowest BCUT2D eigenvalue weighted by atomic mass is 9.61. The van der Waals surface area contributed by atoms with Gasteiger partial charge in [-0.25, -0.2) is 4.39 Å². The summed E-state index contributed by atoms with van der Waals surface area (Å²) in [5, 5.41) is 0. The molecule has 0 unspecified atom stereocenters. The maximum absolute atomic E-state index is 13.0. The Morgan fingerprint density at radius 3 is 2.40 bits per heavy atom. The molecule has 0 aromatic heterocycles. The second-order valence-electron chi connectivity index (χ2n) is 5.79. The molecule has 1 aliphatic carbocycles. The smallest absolute Gasteiger partial charge is 0.123 e. The SMILES string of the molecule is CC(C)(C)C1CC(c2cccc(F)c2)C1. The second-order valence-corrected chi connectivity index (χ2v) is 5.79. The molecule has 0 radical (unpaired) electrons. The van der Waals surface area contributed by atoms with E-state index in [1.807, 2.05) is 12.1 Å². The minimum absolute atomic E-state index is 0.105. The van der Waals surface area contributed by atoms with E-state index in [4.69, 9.17) is 0 Å². The van der Waals surface area contributed by atoms with Gasteiger partial charge >= 0.3 is 0 Å². The standard InChI is InChI=1S/C14H19F/c1-14(2,3)12-7-11(8-12)10-5-4-6-13(15)9-10/h4-6,9,11-12H,7-8H2,1-3H3. The summed E-state index contributed by atoms with van der Waals surface area (Å²) in [6.07, 6.45) is 2.43. The quantitative estimate of drug-likeness (QED) is 0.640. The molecular formula is C14H19F. The molecule has 1 aromatic rings. The highest BCUT2D eigenvalue weighted by atomic mass is 19.1. The minimum Gasteiger partial charge on any atom is -0.207 e. The highest BCUT2D eigenvalue weighted by Crippen LogP contribution is 2.49. The summed E-state index contributed by atoms with van der Waals surface area (Å²) in [6, 6.07) is 7.06. The monoisotopic (exact) mass is 206 g/mol. The van der Waals surface area contributed by atoms with E-state index in [-0.39, 0.29) is 5.82 Å². The van der Waals surface area contributed by atoms with Crippen LogP contribution < -0.4 is 0 Å². The van der Waals surface area contributed by atoms with Crippen LogP contribution in [0, 0.1) is 17.2 Å². The molecule has 82 valence electrons. The molecule has 0 amide bonds. The van der Waals surface area contributed by atoms with Gasteiger partial charge in [-0.15, -0.1) is 0 Å². The molecule has 0 spiro atoms. The number of hydrogen-bond donors (Lipinski definition) is 0. The molecule has 0 bridgehead atoms. The van der Waals surface area contributed by atoms with Crippen LogP contribution in [0.2, 0.25) is 0 Å². The van der Waals surface area contributed by atoms with Crippen LogP contribution in [0.4, 0.5) is 4.39 Å². The number of hydrogen-bond acceptors (Lipinski definition) is 0. The molecule has 0 atom stereocenters. The molecule has 1 aliphatic rings. The largest absolute Gasteiger partial charge is 0.207 e. The first-order chi connectivity index (χ1) is 6.97. The minimum atomic E-state index is -0.105. The van der Waals surface area contributed by atoms with Crippen molar-refractivity contribution in [1.82, 2.24) is 0 Å². The highest BCUT2D eigenvalue weighted by Gasteiger charge is 2.37. The first kappa shape index (κ1) is 10.7.